The molecule has 1 aromatic carbocycles. The molecule has 0 amide bonds. The number of ether oxygens (including phenoxy) is 1. The van der Waals surface area contributed by atoms with Crippen molar-refractivity contribution >= 4 is 0 Å². The molecule has 26 heavy (non-hydrogen) atoms. The second-order valence-electron chi connectivity index (χ2n) is 6.08. The highest BCUT2D eigenvalue weighted by Gasteiger charge is 2.29. The first-order valence-corrected chi connectivity index (χ1v) is 8.39. The Morgan fingerprint density at radius 3 is 2.92 bits per heavy atom. The van der Waals surface area contributed by atoms with Crippen molar-refractivity contribution in [2.24, 2.45) is 0 Å². The minimum Gasteiger partial charge on any atom is -0.481 e. The van der Waals surface area contributed by atoms with Gasteiger partial charge in [-0.25, -0.2) is 4.98 Å². The van der Waals surface area contributed by atoms with Crippen LogP contribution in [0.4, 0.5) is 0 Å². The van der Waals surface area contributed by atoms with E-state index in [2.05, 4.69) is 21.3 Å². The highest BCUT2D eigenvalue weighted by atomic mass is 16.5. The molecule has 4 rings (SSSR count). The van der Waals surface area contributed by atoms with E-state index >= 15 is 0 Å². The number of benzene rings is 1. The second-order valence-corrected chi connectivity index (χ2v) is 6.08. The van der Waals surface area contributed by atoms with Crippen LogP contribution in [0.3, 0.4) is 0 Å². The molecule has 0 aliphatic carbocycles. The molecule has 1 aliphatic rings. The zero-order valence-corrected chi connectivity index (χ0v) is 14.3. The lowest BCUT2D eigenvalue weighted by Gasteiger charge is -2.13. The van der Waals surface area contributed by atoms with Crippen LogP contribution >= 0.6 is 0 Å². The third kappa shape index (κ3) is 2.97. The summed E-state index contributed by atoms with van der Waals surface area (Å²) in [6.07, 6.45) is 5.73. The largest absolute Gasteiger partial charge is 0.481 e. The van der Waals surface area contributed by atoms with Gasteiger partial charge in [0.05, 0.1) is 7.11 Å². The molecule has 7 heteroatoms. The summed E-state index contributed by atoms with van der Waals surface area (Å²) in [6, 6.07) is 11.6. The molecule has 1 aliphatic heterocycles. The molecule has 1 saturated heterocycles. The first-order chi connectivity index (χ1) is 12.8. The fourth-order valence-electron chi connectivity index (χ4n) is 3.17. The zero-order valence-electron chi connectivity index (χ0n) is 14.3. The molecular weight excluding hydrogens is 330 g/mol. The smallest absolute Gasteiger partial charge is 0.258 e. The average Bonchev–Trinajstić information content (AvgIpc) is 3.37. The molecule has 3 heterocycles. The summed E-state index contributed by atoms with van der Waals surface area (Å²) in [4.78, 5) is 10.4. The predicted molar refractivity (Wildman–Crippen MR) is 93.8 cm³/mol. The van der Waals surface area contributed by atoms with Gasteiger partial charge in [0.25, 0.3) is 5.89 Å². The maximum atomic E-state index is 9.20. The molecule has 1 fully saturated rings. The first-order valence-electron chi connectivity index (χ1n) is 8.39. The van der Waals surface area contributed by atoms with Crippen LogP contribution in [0.15, 0.2) is 47.1 Å². The topological polar surface area (TPSA) is 88.1 Å². The van der Waals surface area contributed by atoms with Crippen LogP contribution in [0.25, 0.3) is 22.6 Å². The van der Waals surface area contributed by atoms with Gasteiger partial charge >= 0.3 is 0 Å². The van der Waals surface area contributed by atoms with Crippen LogP contribution in [0, 0.1) is 11.5 Å². The SMILES string of the molecule is COc1cc(-c2cccc(-c3nc(C4CCCN4C#N)no3)c2)ccn1. The minimum absolute atomic E-state index is 0.0925. The quantitative estimate of drug-likeness (QED) is 0.668. The number of rotatable bonds is 4. The Balaban J connectivity index is 1.64. The Morgan fingerprint density at radius 2 is 2.08 bits per heavy atom. The number of hydrogen-bond acceptors (Lipinski definition) is 7. The van der Waals surface area contributed by atoms with Gasteiger partial charge in [-0.3, -0.25) is 4.90 Å². The Hall–Kier alpha value is -3.40. The molecule has 0 bridgehead atoms. The molecule has 0 N–H and O–H groups in total. The number of nitrogens with zero attached hydrogens (tertiary/aromatic N) is 5. The van der Waals surface area contributed by atoms with Gasteiger partial charge in [-0.05, 0) is 42.2 Å². The molecule has 3 aromatic rings. The monoisotopic (exact) mass is 347 g/mol. The number of hydrogen-bond donors (Lipinski definition) is 0. The maximum Gasteiger partial charge on any atom is 0.258 e. The summed E-state index contributed by atoms with van der Waals surface area (Å²) >= 11 is 0. The van der Waals surface area contributed by atoms with Gasteiger partial charge in [0.15, 0.2) is 12.0 Å². The molecule has 7 nitrogen and oxygen atoms in total. The maximum absolute atomic E-state index is 9.20. The lowest BCUT2D eigenvalue weighted by molar-refractivity contribution is 0.339. The predicted octanol–water partition coefficient (Wildman–Crippen LogP) is 3.43. The standard InChI is InChI=1S/C19H17N5O2/c1-25-17-11-14(7-8-21-17)13-4-2-5-15(10-13)19-22-18(23-26-19)16-6-3-9-24(16)12-20/h2,4-5,7-8,10-11,16H,3,6,9H2,1H3. The summed E-state index contributed by atoms with van der Waals surface area (Å²) in [5, 5.41) is 13.3. The summed E-state index contributed by atoms with van der Waals surface area (Å²) in [5.41, 5.74) is 2.82. The summed E-state index contributed by atoms with van der Waals surface area (Å²) < 4.78 is 10.6. The Bertz CT molecular complexity index is 962. The van der Waals surface area contributed by atoms with E-state index in [4.69, 9.17) is 9.26 Å². The van der Waals surface area contributed by atoms with Crippen LogP contribution in [-0.4, -0.2) is 33.7 Å². The highest BCUT2D eigenvalue weighted by Crippen LogP contribution is 2.32. The lowest BCUT2D eigenvalue weighted by atomic mass is 10.0. The van der Waals surface area contributed by atoms with Crippen LogP contribution < -0.4 is 4.74 Å². The molecule has 2 aromatic heterocycles. The van der Waals surface area contributed by atoms with Gasteiger partial charge in [-0.2, -0.15) is 10.2 Å². The van der Waals surface area contributed by atoms with Crippen molar-refractivity contribution in [3.8, 4) is 34.7 Å². The van der Waals surface area contributed by atoms with Crippen molar-refractivity contribution in [1.82, 2.24) is 20.0 Å². The van der Waals surface area contributed by atoms with Crippen molar-refractivity contribution in [2.45, 2.75) is 18.9 Å². The average molecular weight is 347 g/mol. The first kappa shape index (κ1) is 16.1. The van der Waals surface area contributed by atoms with Crippen LogP contribution in [-0.2, 0) is 0 Å². The van der Waals surface area contributed by atoms with E-state index in [0.717, 1.165) is 36.1 Å². The molecule has 1 unspecified atom stereocenters. The molecular formula is C19H17N5O2. The number of likely N-dealkylation sites (tertiary alicyclic amines) is 1. The van der Waals surface area contributed by atoms with Crippen molar-refractivity contribution in [3.05, 3.63) is 48.4 Å². The zero-order chi connectivity index (χ0) is 17.9. The Morgan fingerprint density at radius 1 is 1.23 bits per heavy atom. The fraction of sp³-hybridized carbons (Fsp3) is 0.263. The molecule has 0 radical (unpaired) electrons. The van der Waals surface area contributed by atoms with Crippen molar-refractivity contribution < 1.29 is 9.26 Å². The second kappa shape index (κ2) is 6.84. The van der Waals surface area contributed by atoms with E-state index in [1.807, 2.05) is 36.4 Å². The van der Waals surface area contributed by atoms with E-state index in [1.54, 1.807) is 18.2 Å². The van der Waals surface area contributed by atoms with Crippen molar-refractivity contribution in [3.63, 3.8) is 0 Å². The fourth-order valence-corrected chi connectivity index (χ4v) is 3.17. The molecule has 1 atom stereocenters. The Kier molecular flexibility index (Phi) is 4.23. The summed E-state index contributed by atoms with van der Waals surface area (Å²) in [6.45, 7) is 0.740. The van der Waals surface area contributed by atoms with Crippen LogP contribution in [0.1, 0.15) is 24.7 Å². The third-order valence-corrected chi connectivity index (χ3v) is 4.51. The minimum atomic E-state index is -0.0925. The summed E-state index contributed by atoms with van der Waals surface area (Å²) in [5.74, 6) is 1.58. The van der Waals surface area contributed by atoms with Crippen molar-refractivity contribution in [1.29, 1.82) is 5.26 Å². The highest BCUT2D eigenvalue weighted by molar-refractivity contribution is 5.70. The molecule has 0 spiro atoms. The van der Waals surface area contributed by atoms with Crippen LogP contribution in [0.5, 0.6) is 5.88 Å². The van der Waals surface area contributed by atoms with Gasteiger partial charge in [0.1, 0.15) is 6.04 Å². The van der Waals surface area contributed by atoms with Gasteiger partial charge in [0, 0.05) is 24.4 Å². The van der Waals surface area contributed by atoms with E-state index in [1.165, 1.54) is 0 Å². The van der Waals surface area contributed by atoms with E-state index in [0.29, 0.717) is 17.6 Å². The molecule has 0 saturated carbocycles. The molecule has 130 valence electrons. The number of aromatic nitrogens is 3. The van der Waals surface area contributed by atoms with Crippen molar-refractivity contribution in [2.75, 3.05) is 13.7 Å². The summed E-state index contributed by atoms with van der Waals surface area (Å²) in [7, 11) is 1.59. The Labute approximate surface area is 150 Å². The third-order valence-electron chi connectivity index (χ3n) is 4.51. The van der Waals surface area contributed by atoms with Gasteiger partial charge in [-0.1, -0.05) is 17.3 Å². The van der Waals surface area contributed by atoms with Gasteiger partial charge in [-0.15, -0.1) is 0 Å². The number of pyridine rings is 1. The number of nitriles is 1. The number of methoxy groups -OCH3 is 1. The normalized spacial score (nSPS) is 16.5. The van der Waals surface area contributed by atoms with Gasteiger partial charge in [0.2, 0.25) is 5.88 Å². The van der Waals surface area contributed by atoms with Gasteiger partial charge < -0.3 is 9.26 Å². The van der Waals surface area contributed by atoms with E-state index in [9.17, 15) is 5.26 Å². The van der Waals surface area contributed by atoms with E-state index in [-0.39, 0.29) is 6.04 Å². The van der Waals surface area contributed by atoms with E-state index < -0.39 is 0 Å². The lowest BCUT2D eigenvalue weighted by Crippen LogP contribution is -2.17. The van der Waals surface area contributed by atoms with Crippen LogP contribution in [0.2, 0.25) is 0 Å².